The largest absolute Gasteiger partial charge is 0.350 e. The lowest BCUT2D eigenvalue weighted by Gasteiger charge is -2.27. The maximum Gasteiger partial charge on any atom is 0.0859 e. The molecule has 2 aromatic rings. The van der Waals surface area contributed by atoms with E-state index in [0.717, 1.165) is 13.1 Å². The lowest BCUT2D eigenvalue weighted by molar-refractivity contribution is 0.398. The Kier molecular flexibility index (Phi) is 3.09. The second kappa shape index (κ2) is 5.05. The molecule has 1 aliphatic heterocycles. The highest BCUT2D eigenvalue weighted by atomic mass is 15.2. The second-order valence-corrected chi connectivity index (χ2v) is 4.48. The molecule has 0 fully saturated rings. The number of aliphatic imine (C=N–C) groups is 1. The van der Waals surface area contributed by atoms with Crippen molar-refractivity contribution in [3.05, 3.63) is 71.8 Å². The fourth-order valence-corrected chi connectivity index (χ4v) is 2.44. The van der Waals surface area contributed by atoms with Crippen molar-refractivity contribution in [2.75, 3.05) is 13.1 Å². The first-order chi connectivity index (χ1) is 8.95. The zero-order valence-electron chi connectivity index (χ0n) is 10.2. The predicted octanol–water partition coefficient (Wildman–Crippen LogP) is 3.12. The Hall–Kier alpha value is -2.09. The number of hydrogen-bond donors (Lipinski definition) is 0. The quantitative estimate of drug-likeness (QED) is 0.799. The summed E-state index contributed by atoms with van der Waals surface area (Å²) >= 11 is 0. The molecule has 1 heterocycles. The lowest BCUT2D eigenvalue weighted by Crippen LogP contribution is -2.26. The molecule has 0 N–H and O–H groups in total. The molecule has 2 aromatic carbocycles. The van der Waals surface area contributed by atoms with Crippen molar-refractivity contribution in [2.24, 2.45) is 4.99 Å². The third-order valence-corrected chi connectivity index (χ3v) is 3.28. The predicted molar refractivity (Wildman–Crippen MR) is 74.8 cm³/mol. The molecule has 1 aliphatic rings. The van der Waals surface area contributed by atoms with Crippen molar-refractivity contribution < 1.29 is 0 Å². The average molecular weight is 236 g/mol. The van der Waals surface area contributed by atoms with Gasteiger partial charge < -0.3 is 4.90 Å². The van der Waals surface area contributed by atoms with Crippen molar-refractivity contribution in [1.29, 1.82) is 0 Å². The molecule has 0 amide bonds. The minimum absolute atomic E-state index is 0.277. The van der Waals surface area contributed by atoms with E-state index in [0.29, 0.717) is 0 Å². The molecule has 0 unspecified atom stereocenters. The fourth-order valence-electron chi connectivity index (χ4n) is 2.44. The monoisotopic (exact) mass is 236 g/mol. The summed E-state index contributed by atoms with van der Waals surface area (Å²) in [6.07, 6.45) is 1.98. The van der Waals surface area contributed by atoms with E-state index in [1.54, 1.807) is 0 Å². The van der Waals surface area contributed by atoms with Crippen LogP contribution in [0.4, 0.5) is 0 Å². The van der Waals surface area contributed by atoms with Crippen LogP contribution in [0.5, 0.6) is 0 Å². The van der Waals surface area contributed by atoms with E-state index in [-0.39, 0.29) is 6.04 Å². The normalized spacial score (nSPS) is 14.4. The third kappa shape index (κ3) is 2.14. The minimum Gasteiger partial charge on any atom is -0.350 e. The van der Waals surface area contributed by atoms with Crippen LogP contribution in [0.25, 0.3) is 0 Å². The van der Waals surface area contributed by atoms with Gasteiger partial charge in [0.1, 0.15) is 0 Å². The molecule has 0 aliphatic carbocycles. The van der Waals surface area contributed by atoms with E-state index >= 15 is 0 Å². The summed E-state index contributed by atoms with van der Waals surface area (Å²) < 4.78 is 0. The Morgan fingerprint density at radius 1 is 0.833 bits per heavy atom. The Bertz CT molecular complexity index is 480. The van der Waals surface area contributed by atoms with E-state index in [1.165, 1.54) is 11.1 Å². The molecule has 0 atom stereocenters. The van der Waals surface area contributed by atoms with E-state index in [9.17, 15) is 0 Å². The Morgan fingerprint density at radius 3 is 1.83 bits per heavy atom. The highest BCUT2D eigenvalue weighted by Gasteiger charge is 2.21. The summed E-state index contributed by atoms with van der Waals surface area (Å²) in [5, 5.41) is 0. The molecule has 3 rings (SSSR count). The number of hydrogen-bond acceptors (Lipinski definition) is 2. The summed E-state index contributed by atoms with van der Waals surface area (Å²) in [6.45, 7) is 1.89. The first-order valence-corrected chi connectivity index (χ1v) is 6.31. The molecule has 90 valence electrons. The van der Waals surface area contributed by atoms with Crippen LogP contribution in [0, 0.1) is 0 Å². The summed E-state index contributed by atoms with van der Waals surface area (Å²) in [4.78, 5) is 6.65. The van der Waals surface area contributed by atoms with Gasteiger partial charge in [-0.2, -0.15) is 0 Å². The molecule has 0 aromatic heterocycles. The summed E-state index contributed by atoms with van der Waals surface area (Å²) in [5.74, 6) is 0. The fraction of sp³-hybridized carbons (Fsp3) is 0.188. The van der Waals surface area contributed by atoms with Crippen LogP contribution in [-0.4, -0.2) is 24.3 Å². The second-order valence-electron chi connectivity index (χ2n) is 4.48. The van der Waals surface area contributed by atoms with Gasteiger partial charge in [0.25, 0.3) is 0 Å². The van der Waals surface area contributed by atoms with Crippen LogP contribution in [0.3, 0.4) is 0 Å². The highest BCUT2D eigenvalue weighted by Crippen LogP contribution is 2.28. The standard InChI is InChI=1S/C16H16N2/c1-3-7-14(8-4-1)16(18-12-11-17-13-18)15-9-5-2-6-10-15/h1-10,13,16H,11-12H2. The smallest absolute Gasteiger partial charge is 0.0859 e. The highest BCUT2D eigenvalue weighted by molar-refractivity contribution is 5.59. The van der Waals surface area contributed by atoms with Gasteiger partial charge in [-0.15, -0.1) is 0 Å². The number of rotatable bonds is 3. The third-order valence-electron chi connectivity index (χ3n) is 3.28. The van der Waals surface area contributed by atoms with Gasteiger partial charge in [0, 0.05) is 6.54 Å². The maximum atomic E-state index is 4.34. The zero-order chi connectivity index (χ0) is 12.2. The van der Waals surface area contributed by atoms with Crippen LogP contribution in [0.1, 0.15) is 17.2 Å². The average Bonchev–Trinajstić information content (AvgIpc) is 2.95. The van der Waals surface area contributed by atoms with Gasteiger partial charge in [0.15, 0.2) is 0 Å². The van der Waals surface area contributed by atoms with Crippen molar-refractivity contribution in [3.63, 3.8) is 0 Å². The molecule has 2 nitrogen and oxygen atoms in total. The summed E-state index contributed by atoms with van der Waals surface area (Å²) in [5.41, 5.74) is 2.63. The number of nitrogens with zero attached hydrogens (tertiary/aromatic N) is 2. The summed E-state index contributed by atoms with van der Waals surface area (Å²) in [6, 6.07) is 21.5. The van der Waals surface area contributed by atoms with Crippen LogP contribution in [0.2, 0.25) is 0 Å². The van der Waals surface area contributed by atoms with Gasteiger partial charge in [-0.1, -0.05) is 60.7 Å². The number of benzene rings is 2. The topological polar surface area (TPSA) is 15.6 Å². The van der Waals surface area contributed by atoms with Gasteiger partial charge >= 0.3 is 0 Å². The van der Waals surface area contributed by atoms with Crippen LogP contribution < -0.4 is 0 Å². The van der Waals surface area contributed by atoms with Crippen molar-refractivity contribution >= 4 is 6.34 Å². The summed E-state index contributed by atoms with van der Waals surface area (Å²) in [7, 11) is 0. The molecular formula is C16H16N2. The van der Waals surface area contributed by atoms with Crippen LogP contribution in [0.15, 0.2) is 65.7 Å². The molecule has 0 saturated carbocycles. The van der Waals surface area contributed by atoms with E-state index in [2.05, 4.69) is 70.6 Å². The minimum atomic E-state index is 0.277. The Morgan fingerprint density at radius 2 is 1.39 bits per heavy atom. The van der Waals surface area contributed by atoms with Crippen LogP contribution >= 0.6 is 0 Å². The molecular weight excluding hydrogens is 220 g/mol. The SMILES string of the molecule is C1=NCCN1C(c1ccccc1)c1ccccc1. The first-order valence-electron chi connectivity index (χ1n) is 6.31. The molecule has 0 saturated heterocycles. The van der Waals surface area contributed by atoms with Gasteiger partial charge in [-0.05, 0) is 11.1 Å². The first kappa shape index (κ1) is 11.0. The zero-order valence-corrected chi connectivity index (χ0v) is 10.2. The maximum absolute atomic E-state index is 4.34. The Balaban J connectivity index is 2.01. The molecule has 0 bridgehead atoms. The van der Waals surface area contributed by atoms with Gasteiger partial charge in [-0.3, -0.25) is 4.99 Å². The molecule has 2 heteroatoms. The Labute approximate surface area is 108 Å². The van der Waals surface area contributed by atoms with E-state index in [4.69, 9.17) is 0 Å². The van der Waals surface area contributed by atoms with Crippen LogP contribution in [-0.2, 0) is 0 Å². The van der Waals surface area contributed by atoms with Crippen molar-refractivity contribution in [3.8, 4) is 0 Å². The van der Waals surface area contributed by atoms with Gasteiger partial charge in [-0.25, -0.2) is 0 Å². The van der Waals surface area contributed by atoms with E-state index < -0.39 is 0 Å². The molecule has 0 spiro atoms. The lowest BCUT2D eigenvalue weighted by atomic mass is 9.97. The van der Waals surface area contributed by atoms with E-state index in [1.807, 2.05) is 6.34 Å². The van der Waals surface area contributed by atoms with Crippen molar-refractivity contribution in [1.82, 2.24) is 4.90 Å². The molecule has 0 radical (unpaired) electrons. The van der Waals surface area contributed by atoms with Crippen molar-refractivity contribution in [2.45, 2.75) is 6.04 Å². The molecule has 18 heavy (non-hydrogen) atoms. The van der Waals surface area contributed by atoms with Gasteiger partial charge in [0.2, 0.25) is 0 Å². The van der Waals surface area contributed by atoms with Gasteiger partial charge in [0.05, 0.1) is 18.9 Å².